The van der Waals surface area contributed by atoms with Gasteiger partial charge in [0, 0.05) is 28.0 Å². The average Bonchev–Trinajstić information content (AvgIpc) is 3.84. The van der Waals surface area contributed by atoms with E-state index in [1.54, 1.807) is 5.56 Å². The van der Waals surface area contributed by atoms with Crippen LogP contribution in [-0.2, 0) is 5.41 Å². The molecule has 4 aliphatic rings. The molecular weight excluding hydrogens is 757 g/mol. The fourth-order valence-corrected chi connectivity index (χ4v) is 13.6. The van der Waals surface area contributed by atoms with Crippen molar-refractivity contribution in [3.05, 3.63) is 194 Å². The number of nitrogens with zero attached hydrogens (tertiary/aromatic N) is 2. The number of hydrogen-bond donors (Lipinski definition) is 0. The van der Waals surface area contributed by atoms with Crippen LogP contribution >= 0.6 is 11.3 Å². The van der Waals surface area contributed by atoms with Gasteiger partial charge in [-0.1, -0.05) is 127 Å². The minimum Gasteiger partial charge on any atom is -0.310 e. The van der Waals surface area contributed by atoms with Crippen molar-refractivity contribution in [1.29, 1.82) is 0 Å². The minimum absolute atomic E-state index is 0.387. The van der Waals surface area contributed by atoms with Crippen molar-refractivity contribution < 1.29 is 0 Å². The number of fused-ring (bicyclic) bond motifs is 6. The molecule has 0 radical (unpaired) electrons. The molecule has 2 heterocycles. The van der Waals surface area contributed by atoms with Crippen LogP contribution < -0.4 is 4.90 Å². The summed E-state index contributed by atoms with van der Waals surface area (Å²) in [5, 5.41) is 3.79. The summed E-state index contributed by atoms with van der Waals surface area (Å²) in [6.45, 7) is 0. The Morgan fingerprint density at radius 1 is 0.443 bits per heavy atom. The summed E-state index contributed by atoms with van der Waals surface area (Å²) in [4.78, 5) is 3.75. The summed E-state index contributed by atoms with van der Waals surface area (Å²) in [6, 6.07) is 70.3. The summed E-state index contributed by atoms with van der Waals surface area (Å²) >= 11 is 1.89. The van der Waals surface area contributed by atoms with Gasteiger partial charge in [-0.05, 0) is 167 Å². The van der Waals surface area contributed by atoms with Crippen molar-refractivity contribution >= 4 is 65.1 Å². The van der Waals surface area contributed by atoms with E-state index in [1.807, 2.05) is 11.3 Å². The molecule has 3 heteroatoms. The molecule has 0 atom stereocenters. The normalized spacial score (nSPS) is 20.6. The standard InChI is InChI=1S/C58H46N2S/c1-3-9-41(10-4-1)42-17-23-49(24-18-42)59(50-26-21-48(22-27-50)58-35-38-29-39(36-58)31-40(30-38)37-58)51-25-19-45-32-44(15-16-46(45)33-51)47-20-28-54-55(34-47)61-57-56(43-11-5-2-6-12-43)52-13-7-8-14-53(52)60(54)57/h1-28,32-34,38-40H,29-31,35-37H2. The zero-order valence-corrected chi connectivity index (χ0v) is 35.0. The molecular formula is C58H46N2S. The highest BCUT2D eigenvalue weighted by Crippen LogP contribution is 2.61. The number of anilines is 3. The molecule has 0 N–H and O–H groups in total. The van der Waals surface area contributed by atoms with E-state index in [0.29, 0.717) is 5.41 Å². The number of thiazole rings is 1. The van der Waals surface area contributed by atoms with Crippen molar-refractivity contribution in [2.75, 3.05) is 4.90 Å². The number of para-hydroxylation sites is 1. The van der Waals surface area contributed by atoms with E-state index in [2.05, 4.69) is 197 Å². The molecule has 4 fully saturated rings. The van der Waals surface area contributed by atoms with Gasteiger partial charge in [0.15, 0.2) is 0 Å². The van der Waals surface area contributed by atoms with Crippen LogP contribution in [0.4, 0.5) is 17.1 Å². The smallest absolute Gasteiger partial charge is 0.109 e. The second kappa shape index (κ2) is 13.8. The third kappa shape index (κ3) is 5.81. The Morgan fingerprint density at radius 3 is 1.70 bits per heavy atom. The van der Waals surface area contributed by atoms with Gasteiger partial charge in [-0.25, -0.2) is 0 Å². The molecule has 2 aromatic heterocycles. The minimum atomic E-state index is 0.387. The summed E-state index contributed by atoms with van der Waals surface area (Å²) in [7, 11) is 0. The van der Waals surface area contributed by atoms with Gasteiger partial charge in [0.25, 0.3) is 0 Å². The first-order chi connectivity index (χ1) is 30.1. The summed E-state index contributed by atoms with van der Waals surface area (Å²) in [5.74, 6) is 2.81. The van der Waals surface area contributed by atoms with Gasteiger partial charge < -0.3 is 4.90 Å². The van der Waals surface area contributed by atoms with E-state index < -0.39 is 0 Å². The first kappa shape index (κ1) is 35.3. The maximum atomic E-state index is 2.48. The quantitative estimate of drug-likeness (QED) is 0.156. The van der Waals surface area contributed by atoms with Crippen LogP contribution in [0.15, 0.2) is 188 Å². The molecule has 0 saturated heterocycles. The van der Waals surface area contributed by atoms with Crippen LogP contribution in [0.25, 0.3) is 70.1 Å². The molecule has 294 valence electrons. The van der Waals surface area contributed by atoms with Crippen molar-refractivity contribution in [3.63, 3.8) is 0 Å². The first-order valence-corrected chi connectivity index (χ1v) is 23.1. The monoisotopic (exact) mass is 802 g/mol. The molecule has 14 rings (SSSR count). The molecule has 4 aliphatic carbocycles. The predicted molar refractivity (Wildman–Crippen MR) is 259 cm³/mol. The van der Waals surface area contributed by atoms with Crippen LogP contribution in [0.3, 0.4) is 0 Å². The summed E-state index contributed by atoms with van der Waals surface area (Å²) < 4.78 is 3.76. The average molecular weight is 803 g/mol. The van der Waals surface area contributed by atoms with Crippen LogP contribution in [0.5, 0.6) is 0 Å². The Labute approximate surface area is 361 Å². The SMILES string of the molecule is c1ccc(-c2ccc(N(c3ccc(C45CC6CC(CC(C6)C4)C5)cc3)c3ccc4cc(-c5ccc6c(c5)sc5c(-c7ccccc7)c7ccccc7n56)ccc4c3)cc2)cc1. The molecule has 0 aliphatic heterocycles. The lowest BCUT2D eigenvalue weighted by atomic mass is 9.48. The molecule has 8 aromatic carbocycles. The van der Waals surface area contributed by atoms with Gasteiger partial charge in [0.2, 0.25) is 0 Å². The fourth-order valence-electron chi connectivity index (χ4n) is 12.4. The lowest BCUT2D eigenvalue weighted by Gasteiger charge is -2.57. The second-order valence-corrected chi connectivity index (χ2v) is 19.5. The Balaban J connectivity index is 0.866. The van der Waals surface area contributed by atoms with Crippen molar-refractivity contribution in [2.45, 2.75) is 43.9 Å². The van der Waals surface area contributed by atoms with Crippen LogP contribution in [0, 0.1) is 17.8 Å². The molecule has 0 amide bonds. The number of rotatable bonds is 7. The lowest BCUT2D eigenvalue weighted by molar-refractivity contribution is -0.00518. The first-order valence-electron chi connectivity index (χ1n) is 22.2. The van der Waals surface area contributed by atoms with E-state index >= 15 is 0 Å². The highest BCUT2D eigenvalue weighted by atomic mass is 32.1. The molecule has 0 unspecified atom stereocenters. The highest BCUT2D eigenvalue weighted by molar-refractivity contribution is 7.24. The Bertz CT molecular complexity index is 3230. The molecule has 0 spiro atoms. The second-order valence-electron chi connectivity index (χ2n) is 18.4. The Morgan fingerprint density at radius 2 is 0.984 bits per heavy atom. The van der Waals surface area contributed by atoms with Gasteiger partial charge in [0.05, 0.1) is 15.7 Å². The number of benzene rings is 8. The van der Waals surface area contributed by atoms with Crippen molar-refractivity contribution in [2.24, 2.45) is 17.8 Å². The molecule has 10 aromatic rings. The third-order valence-electron chi connectivity index (χ3n) is 14.7. The maximum absolute atomic E-state index is 2.48. The molecule has 4 bridgehead atoms. The topological polar surface area (TPSA) is 7.65 Å². The van der Waals surface area contributed by atoms with Gasteiger partial charge in [-0.15, -0.1) is 11.3 Å². The molecule has 4 saturated carbocycles. The zero-order valence-electron chi connectivity index (χ0n) is 34.2. The van der Waals surface area contributed by atoms with E-state index in [-0.39, 0.29) is 0 Å². The van der Waals surface area contributed by atoms with Crippen molar-refractivity contribution in [1.82, 2.24) is 4.40 Å². The van der Waals surface area contributed by atoms with Gasteiger partial charge in [0.1, 0.15) is 4.83 Å². The van der Waals surface area contributed by atoms with Crippen LogP contribution in [0.2, 0.25) is 0 Å². The van der Waals surface area contributed by atoms with E-state index in [4.69, 9.17) is 0 Å². The van der Waals surface area contributed by atoms with Gasteiger partial charge in [-0.3, -0.25) is 4.40 Å². The molecule has 61 heavy (non-hydrogen) atoms. The van der Waals surface area contributed by atoms with Crippen molar-refractivity contribution in [3.8, 4) is 33.4 Å². The number of hydrogen-bond acceptors (Lipinski definition) is 2. The van der Waals surface area contributed by atoms with Gasteiger partial charge >= 0.3 is 0 Å². The zero-order chi connectivity index (χ0) is 40.1. The summed E-state index contributed by atoms with van der Waals surface area (Å²) in [5.41, 5.74) is 15.6. The van der Waals surface area contributed by atoms with Gasteiger partial charge in [-0.2, -0.15) is 0 Å². The molecule has 2 nitrogen and oxygen atoms in total. The Kier molecular flexibility index (Phi) is 8.00. The van der Waals surface area contributed by atoms with Crippen LogP contribution in [-0.4, -0.2) is 4.40 Å². The lowest BCUT2D eigenvalue weighted by Crippen LogP contribution is -2.48. The largest absolute Gasteiger partial charge is 0.310 e. The van der Waals surface area contributed by atoms with E-state index in [9.17, 15) is 0 Å². The predicted octanol–water partition coefficient (Wildman–Crippen LogP) is 16.4. The highest BCUT2D eigenvalue weighted by Gasteiger charge is 2.51. The Hall–Kier alpha value is -6.42. The summed E-state index contributed by atoms with van der Waals surface area (Å²) in [6.07, 6.45) is 8.59. The fraction of sp³-hybridized carbons (Fsp3) is 0.172. The van der Waals surface area contributed by atoms with E-state index in [0.717, 1.165) is 17.8 Å². The van der Waals surface area contributed by atoms with E-state index in [1.165, 1.54) is 126 Å². The third-order valence-corrected chi connectivity index (χ3v) is 15.9. The number of aromatic nitrogens is 1. The maximum Gasteiger partial charge on any atom is 0.109 e. The van der Waals surface area contributed by atoms with Crippen LogP contribution in [0.1, 0.15) is 44.1 Å².